The molecule has 2 aliphatic heterocycles. The molecule has 2 heterocycles. The van der Waals surface area contributed by atoms with Crippen LogP contribution in [0.25, 0.3) is 0 Å². The van der Waals surface area contributed by atoms with Crippen molar-refractivity contribution >= 4 is 17.5 Å². The largest absolute Gasteiger partial charge is 0.347 e. The van der Waals surface area contributed by atoms with Gasteiger partial charge in [-0.05, 0) is 43.2 Å². The monoisotopic (exact) mass is 322 g/mol. The molecule has 1 N–H and O–H groups in total. The van der Waals surface area contributed by atoms with Crippen molar-refractivity contribution in [1.29, 1.82) is 0 Å². The van der Waals surface area contributed by atoms with Crippen molar-refractivity contribution in [2.75, 3.05) is 11.9 Å². The van der Waals surface area contributed by atoms with Crippen molar-refractivity contribution in [3.05, 3.63) is 64.4 Å². The van der Waals surface area contributed by atoms with Crippen LogP contribution in [0, 0.1) is 0 Å². The second-order valence-corrected chi connectivity index (χ2v) is 6.87. The Morgan fingerprint density at radius 1 is 1.00 bits per heavy atom. The summed E-state index contributed by atoms with van der Waals surface area (Å²) in [7, 11) is 2.04. The molecule has 4 nitrogen and oxygen atoms in total. The first-order valence-electron chi connectivity index (χ1n) is 8.04. The van der Waals surface area contributed by atoms with Crippen molar-refractivity contribution in [1.82, 2.24) is 5.32 Å². The van der Waals surface area contributed by atoms with Gasteiger partial charge in [0.2, 0.25) is 0 Å². The third-order valence-corrected chi connectivity index (χ3v) is 5.13. The van der Waals surface area contributed by atoms with Crippen LogP contribution in [0.4, 0.5) is 5.69 Å². The second kappa shape index (κ2) is 5.48. The van der Waals surface area contributed by atoms with Gasteiger partial charge in [-0.3, -0.25) is 14.9 Å². The number of fused-ring (bicyclic) bond motifs is 1. The molecule has 0 aliphatic carbocycles. The number of allylic oxidation sites excluding steroid dienone is 3. The highest BCUT2D eigenvalue weighted by Crippen LogP contribution is 2.46. The number of carbonyl (C=O) groups excluding carboxylic acids is 2. The second-order valence-electron chi connectivity index (χ2n) is 6.87. The molecule has 0 spiro atoms. The number of para-hydroxylation sites is 1. The molecule has 3 rings (SSSR count). The van der Waals surface area contributed by atoms with Gasteiger partial charge in [-0.1, -0.05) is 32.0 Å². The predicted molar refractivity (Wildman–Crippen MR) is 95.6 cm³/mol. The number of benzene rings is 1. The smallest absolute Gasteiger partial charge is 0.258 e. The van der Waals surface area contributed by atoms with Gasteiger partial charge in [-0.2, -0.15) is 0 Å². The van der Waals surface area contributed by atoms with E-state index in [1.807, 2.05) is 38.3 Å². The van der Waals surface area contributed by atoms with Gasteiger partial charge in [-0.25, -0.2) is 0 Å². The average Bonchev–Trinajstić information content (AvgIpc) is 2.73. The molecule has 4 heteroatoms. The predicted octanol–water partition coefficient (Wildman–Crippen LogP) is 3.22. The summed E-state index contributed by atoms with van der Waals surface area (Å²) in [6.45, 7) is 7.91. The summed E-state index contributed by atoms with van der Waals surface area (Å²) in [6, 6.07) is 8.32. The fourth-order valence-corrected chi connectivity index (χ4v) is 3.47. The third kappa shape index (κ3) is 2.30. The van der Waals surface area contributed by atoms with Crippen molar-refractivity contribution in [2.24, 2.45) is 0 Å². The van der Waals surface area contributed by atoms with Gasteiger partial charge >= 0.3 is 0 Å². The van der Waals surface area contributed by atoms with Crippen LogP contribution in [-0.2, 0) is 15.0 Å². The number of anilines is 1. The van der Waals surface area contributed by atoms with Crippen LogP contribution in [0.15, 0.2) is 58.8 Å². The molecule has 0 unspecified atom stereocenters. The molecule has 0 atom stereocenters. The van der Waals surface area contributed by atoms with Crippen molar-refractivity contribution in [3.63, 3.8) is 0 Å². The highest BCUT2D eigenvalue weighted by atomic mass is 16.2. The van der Waals surface area contributed by atoms with E-state index >= 15 is 0 Å². The lowest BCUT2D eigenvalue weighted by molar-refractivity contribution is -0.126. The zero-order valence-electron chi connectivity index (χ0n) is 14.7. The highest BCUT2D eigenvalue weighted by molar-refractivity contribution is 6.16. The fraction of sp³-hybridized carbons (Fsp3) is 0.300. The lowest BCUT2D eigenvalue weighted by Crippen LogP contribution is -2.37. The summed E-state index contributed by atoms with van der Waals surface area (Å²) in [6.07, 6.45) is 3.81. The number of nitrogens with one attached hydrogen (secondary N) is 1. The summed E-state index contributed by atoms with van der Waals surface area (Å²) in [5.74, 6) is -0.649. The Kier molecular flexibility index (Phi) is 3.71. The van der Waals surface area contributed by atoms with E-state index in [9.17, 15) is 9.59 Å². The molecule has 2 aliphatic rings. The van der Waals surface area contributed by atoms with E-state index in [4.69, 9.17) is 0 Å². The van der Waals surface area contributed by atoms with Crippen molar-refractivity contribution in [3.8, 4) is 0 Å². The standard InChI is InChI=1S/C20H22N2O2/c1-12-13(2)18(23)21-19(24)14(12)10-11-17-20(3,4)15-8-6-7-9-16(15)22(17)5/h6-11H,1-5H3,(H,21,23,24)/b14-10+,17-11-. The van der Waals surface area contributed by atoms with E-state index in [0.717, 1.165) is 11.3 Å². The maximum Gasteiger partial charge on any atom is 0.258 e. The number of amides is 2. The van der Waals surface area contributed by atoms with E-state index in [0.29, 0.717) is 11.1 Å². The summed E-state index contributed by atoms with van der Waals surface area (Å²) in [5, 5.41) is 2.39. The van der Waals surface area contributed by atoms with Gasteiger partial charge in [0.25, 0.3) is 11.8 Å². The molecule has 0 bridgehead atoms. The fourth-order valence-electron chi connectivity index (χ4n) is 3.47. The van der Waals surface area contributed by atoms with Crippen LogP contribution < -0.4 is 10.2 Å². The number of likely N-dealkylation sites (N-methyl/N-ethyl adjacent to an activating group) is 1. The first kappa shape index (κ1) is 16.2. The Balaban J connectivity index is 2.07. The molecule has 24 heavy (non-hydrogen) atoms. The molecule has 2 amide bonds. The molecule has 0 radical (unpaired) electrons. The van der Waals surface area contributed by atoms with Gasteiger partial charge in [0.15, 0.2) is 0 Å². The minimum Gasteiger partial charge on any atom is -0.347 e. The number of nitrogens with zero attached hydrogens (tertiary/aromatic N) is 1. The van der Waals surface area contributed by atoms with Crippen LogP contribution in [0.5, 0.6) is 0 Å². The molecule has 0 aromatic heterocycles. The Labute approximate surface area is 142 Å². The van der Waals surface area contributed by atoms with Crippen molar-refractivity contribution < 1.29 is 9.59 Å². The quantitative estimate of drug-likeness (QED) is 0.638. The Morgan fingerprint density at radius 3 is 2.33 bits per heavy atom. The van der Waals surface area contributed by atoms with E-state index in [-0.39, 0.29) is 17.2 Å². The van der Waals surface area contributed by atoms with Crippen LogP contribution in [-0.4, -0.2) is 18.9 Å². The summed E-state index contributed by atoms with van der Waals surface area (Å²) in [5.41, 5.74) is 5.28. The summed E-state index contributed by atoms with van der Waals surface area (Å²) < 4.78 is 0. The van der Waals surface area contributed by atoms with Crippen LogP contribution >= 0.6 is 0 Å². The van der Waals surface area contributed by atoms with Gasteiger partial charge < -0.3 is 4.90 Å². The number of hydrogen-bond donors (Lipinski definition) is 1. The minimum absolute atomic E-state index is 0.143. The lowest BCUT2D eigenvalue weighted by atomic mass is 9.83. The molecule has 0 saturated carbocycles. The average molecular weight is 322 g/mol. The maximum absolute atomic E-state index is 12.1. The number of rotatable bonds is 1. The zero-order chi connectivity index (χ0) is 17.6. The van der Waals surface area contributed by atoms with Gasteiger partial charge in [-0.15, -0.1) is 0 Å². The Hall–Kier alpha value is -2.62. The summed E-state index contributed by atoms with van der Waals surface area (Å²) >= 11 is 0. The molecular formula is C20H22N2O2. The van der Waals surface area contributed by atoms with E-state index < -0.39 is 0 Å². The lowest BCUT2D eigenvalue weighted by Gasteiger charge is -2.24. The normalized spacial score (nSPS) is 23.1. The van der Waals surface area contributed by atoms with Crippen LogP contribution in [0.1, 0.15) is 33.3 Å². The van der Waals surface area contributed by atoms with Crippen molar-refractivity contribution in [2.45, 2.75) is 33.1 Å². The number of imide groups is 1. The topological polar surface area (TPSA) is 49.4 Å². The van der Waals surface area contributed by atoms with Gasteiger partial charge in [0, 0.05) is 35.0 Å². The van der Waals surface area contributed by atoms with E-state index in [1.54, 1.807) is 6.92 Å². The highest BCUT2D eigenvalue weighted by Gasteiger charge is 2.37. The first-order valence-corrected chi connectivity index (χ1v) is 8.04. The minimum atomic E-state index is -0.337. The molecule has 0 saturated heterocycles. The zero-order valence-corrected chi connectivity index (χ0v) is 14.7. The molecular weight excluding hydrogens is 300 g/mol. The number of hydrogen-bond acceptors (Lipinski definition) is 3. The number of carbonyl (C=O) groups is 2. The molecule has 1 aromatic carbocycles. The maximum atomic E-state index is 12.1. The summed E-state index contributed by atoms with van der Waals surface area (Å²) in [4.78, 5) is 26.0. The van der Waals surface area contributed by atoms with Gasteiger partial charge in [0.1, 0.15) is 0 Å². The third-order valence-electron chi connectivity index (χ3n) is 5.13. The Morgan fingerprint density at radius 2 is 1.67 bits per heavy atom. The van der Waals surface area contributed by atoms with Crippen LogP contribution in [0.3, 0.4) is 0 Å². The van der Waals surface area contributed by atoms with E-state index in [1.165, 1.54) is 11.3 Å². The molecule has 124 valence electrons. The Bertz CT molecular complexity index is 841. The van der Waals surface area contributed by atoms with Crippen LogP contribution in [0.2, 0.25) is 0 Å². The van der Waals surface area contributed by atoms with Gasteiger partial charge in [0.05, 0.1) is 0 Å². The first-order chi connectivity index (χ1) is 11.2. The van der Waals surface area contributed by atoms with E-state index in [2.05, 4.69) is 36.2 Å². The molecule has 1 aromatic rings. The SMILES string of the molecule is CC1=C(C)/C(=C\C=C2/N(C)c3ccccc3C2(C)C)C(=O)NC1=O. The molecule has 0 fully saturated rings.